The topological polar surface area (TPSA) is 98.2 Å². The minimum atomic E-state index is -3.50. The molecule has 1 rings (SSSR count). The van der Waals surface area contributed by atoms with Crippen LogP contribution in [-0.2, 0) is 10.0 Å². The molecule has 0 fully saturated rings. The van der Waals surface area contributed by atoms with E-state index in [1.807, 2.05) is 0 Å². The Kier molecular flexibility index (Phi) is 4.70. The van der Waals surface area contributed by atoms with E-state index in [0.29, 0.717) is 16.3 Å². The number of thiocarbonyl (C=S) groups is 1. The minimum Gasteiger partial charge on any atom is -0.389 e. The number of primary sulfonamides is 1. The highest BCUT2D eigenvalue weighted by molar-refractivity contribution is 7.89. The van der Waals surface area contributed by atoms with E-state index in [-0.39, 0.29) is 17.3 Å². The van der Waals surface area contributed by atoms with Crippen molar-refractivity contribution >= 4 is 44.5 Å². The Morgan fingerprint density at radius 2 is 2.12 bits per heavy atom. The van der Waals surface area contributed by atoms with Gasteiger partial charge in [-0.25, -0.2) is 13.6 Å². The Morgan fingerprint density at radius 1 is 1.47 bits per heavy atom. The van der Waals surface area contributed by atoms with Gasteiger partial charge in [-0.3, -0.25) is 0 Å². The standard InChI is InChI=1S/C9H12ClN3O2S2/c10-6-2-1-3-7(8(6)9(11)16)13-4-5-17(12,14)15/h1-3,13H,4-5H2,(H2,11,16)(H2,12,14,15). The van der Waals surface area contributed by atoms with Crippen LogP contribution >= 0.6 is 23.8 Å². The molecule has 0 saturated heterocycles. The Labute approximate surface area is 110 Å². The van der Waals surface area contributed by atoms with E-state index in [9.17, 15) is 8.42 Å². The van der Waals surface area contributed by atoms with Crippen molar-refractivity contribution in [1.82, 2.24) is 0 Å². The number of sulfonamides is 1. The van der Waals surface area contributed by atoms with Crippen LogP contribution in [0.15, 0.2) is 18.2 Å². The molecular weight excluding hydrogens is 282 g/mol. The minimum absolute atomic E-state index is 0.147. The van der Waals surface area contributed by atoms with Gasteiger partial charge in [0.05, 0.1) is 16.3 Å². The Bertz CT molecular complexity index is 531. The molecule has 0 heterocycles. The lowest BCUT2D eigenvalue weighted by molar-refractivity contribution is 0.598. The molecule has 0 unspecified atom stereocenters. The van der Waals surface area contributed by atoms with E-state index >= 15 is 0 Å². The van der Waals surface area contributed by atoms with Crippen LogP contribution in [0.4, 0.5) is 5.69 Å². The molecule has 0 saturated carbocycles. The summed E-state index contributed by atoms with van der Waals surface area (Å²) in [6, 6.07) is 5.08. The second-order valence-electron chi connectivity index (χ2n) is 3.32. The third-order valence-electron chi connectivity index (χ3n) is 1.96. The first-order valence-corrected chi connectivity index (χ1v) is 7.14. The van der Waals surface area contributed by atoms with Crippen LogP contribution < -0.4 is 16.2 Å². The van der Waals surface area contributed by atoms with Crippen molar-refractivity contribution < 1.29 is 8.42 Å². The van der Waals surface area contributed by atoms with Crippen LogP contribution in [0.25, 0.3) is 0 Å². The van der Waals surface area contributed by atoms with Gasteiger partial charge in [0.25, 0.3) is 0 Å². The van der Waals surface area contributed by atoms with Crippen molar-refractivity contribution in [3.63, 3.8) is 0 Å². The predicted octanol–water partition coefficient (Wildman–Crippen LogP) is 0.675. The van der Waals surface area contributed by atoms with Gasteiger partial charge in [-0.2, -0.15) is 0 Å². The van der Waals surface area contributed by atoms with Crippen LogP contribution in [0.1, 0.15) is 5.56 Å². The molecule has 8 heteroatoms. The van der Waals surface area contributed by atoms with Crippen molar-refractivity contribution in [3.8, 4) is 0 Å². The molecule has 0 aliphatic carbocycles. The molecule has 17 heavy (non-hydrogen) atoms. The summed E-state index contributed by atoms with van der Waals surface area (Å²) < 4.78 is 21.5. The van der Waals surface area contributed by atoms with Gasteiger partial charge in [0.1, 0.15) is 4.99 Å². The van der Waals surface area contributed by atoms with Crippen LogP contribution in [0, 0.1) is 0 Å². The predicted molar refractivity (Wildman–Crippen MR) is 73.8 cm³/mol. The van der Waals surface area contributed by atoms with Crippen LogP contribution in [0.2, 0.25) is 5.02 Å². The Balaban J connectivity index is 2.85. The number of rotatable bonds is 5. The summed E-state index contributed by atoms with van der Waals surface area (Å²) in [5, 5.41) is 8.18. The molecule has 0 aliphatic rings. The van der Waals surface area contributed by atoms with E-state index in [0.717, 1.165) is 0 Å². The summed E-state index contributed by atoms with van der Waals surface area (Å²) >= 11 is 10.8. The summed E-state index contributed by atoms with van der Waals surface area (Å²) in [7, 11) is -3.50. The normalized spacial score (nSPS) is 11.2. The fourth-order valence-electron chi connectivity index (χ4n) is 1.25. The quantitative estimate of drug-likeness (QED) is 0.693. The second kappa shape index (κ2) is 5.63. The summed E-state index contributed by atoms with van der Waals surface area (Å²) in [5.41, 5.74) is 6.63. The van der Waals surface area contributed by atoms with Gasteiger partial charge in [-0.1, -0.05) is 29.9 Å². The zero-order valence-corrected chi connectivity index (χ0v) is 11.2. The van der Waals surface area contributed by atoms with Crippen molar-refractivity contribution in [2.75, 3.05) is 17.6 Å². The van der Waals surface area contributed by atoms with Gasteiger partial charge in [0, 0.05) is 12.2 Å². The molecule has 0 bridgehead atoms. The van der Waals surface area contributed by atoms with E-state index in [2.05, 4.69) is 5.32 Å². The number of halogens is 1. The molecule has 0 radical (unpaired) electrons. The average molecular weight is 294 g/mol. The van der Waals surface area contributed by atoms with Gasteiger partial charge < -0.3 is 11.1 Å². The summed E-state index contributed by atoms with van der Waals surface area (Å²) in [6.45, 7) is 0.161. The summed E-state index contributed by atoms with van der Waals surface area (Å²) in [6.07, 6.45) is 0. The maximum Gasteiger partial charge on any atom is 0.210 e. The number of nitrogens with two attached hydrogens (primary N) is 2. The molecule has 0 aliphatic heterocycles. The number of benzene rings is 1. The maximum absolute atomic E-state index is 10.8. The Morgan fingerprint density at radius 3 is 2.65 bits per heavy atom. The Hall–Kier alpha value is -0.890. The summed E-state index contributed by atoms with van der Waals surface area (Å²) in [4.78, 5) is 0.147. The highest BCUT2D eigenvalue weighted by Gasteiger charge is 2.10. The maximum atomic E-state index is 10.8. The van der Waals surface area contributed by atoms with E-state index < -0.39 is 10.0 Å². The van der Waals surface area contributed by atoms with Gasteiger partial charge >= 0.3 is 0 Å². The van der Waals surface area contributed by atoms with E-state index in [1.165, 1.54) is 0 Å². The monoisotopic (exact) mass is 293 g/mol. The average Bonchev–Trinajstić information content (AvgIpc) is 2.14. The molecular formula is C9H12ClN3O2S2. The van der Waals surface area contributed by atoms with Crippen molar-refractivity contribution in [3.05, 3.63) is 28.8 Å². The lowest BCUT2D eigenvalue weighted by Crippen LogP contribution is -2.23. The fraction of sp³-hybridized carbons (Fsp3) is 0.222. The fourth-order valence-corrected chi connectivity index (χ4v) is 2.19. The molecule has 1 aromatic rings. The van der Waals surface area contributed by atoms with Crippen molar-refractivity contribution in [2.24, 2.45) is 10.9 Å². The number of hydrogen-bond donors (Lipinski definition) is 3. The van der Waals surface area contributed by atoms with E-state index in [1.54, 1.807) is 18.2 Å². The molecule has 0 atom stereocenters. The number of anilines is 1. The molecule has 0 amide bonds. The van der Waals surface area contributed by atoms with Gasteiger partial charge in [0.15, 0.2) is 0 Å². The molecule has 0 aromatic heterocycles. The molecule has 94 valence electrons. The van der Waals surface area contributed by atoms with Gasteiger partial charge in [-0.05, 0) is 12.1 Å². The van der Waals surface area contributed by atoms with Crippen molar-refractivity contribution in [1.29, 1.82) is 0 Å². The zero-order chi connectivity index (χ0) is 13.1. The summed E-state index contributed by atoms with van der Waals surface area (Å²) in [5.74, 6) is -0.184. The third kappa shape index (κ3) is 4.47. The van der Waals surface area contributed by atoms with Crippen molar-refractivity contribution in [2.45, 2.75) is 0 Å². The first-order chi connectivity index (χ1) is 7.81. The van der Waals surface area contributed by atoms with Gasteiger partial charge in [-0.15, -0.1) is 0 Å². The molecule has 1 aromatic carbocycles. The van der Waals surface area contributed by atoms with Crippen LogP contribution in [0.3, 0.4) is 0 Å². The number of hydrogen-bond acceptors (Lipinski definition) is 4. The van der Waals surface area contributed by atoms with Crippen LogP contribution in [-0.4, -0.2) is 25.7 Å². The molecule has 5 N–H and O–H groups in total. The largest absolute Gasteiger partial charge is 0.389 e. The first kappa shape index (κ1) is 14.2. The molecule has 5 nitrogen and oxygen atoms in total. The van der Waals surface area contributed by atoms with Gasteiger partial charge in [0.2, 0.25) is 10.0 Å². The highest BCUT2D eigenvalue weighted by Crippen LogP contribution is 2.23. The lowest BCUT2D eigenvalue weighted by atomic mass is 10.1. The first-order valence-electron chi connectivity index (χ1n) is 4.64. The smallest absolute Gasteiger partial charge is 0.210 e. The SMILES string of the molecule is NC(=S)c1c(Cl)cccc1NCCS(N)(=O)=O. The number of nitrogens with one attached hydrogen (secondary N) is 1. The zero-order valence-electron chi connectivity index (χ0n) is 8.81. The molecule has 0 spiro atoms. The highest BCUT2D eigenvalue weighted by atomic mass is 35.5. The van der Waals surface area contributed by atoms with E-state index in [4.69, 9.17) is 34.7 Å². The third-order valence-corrected chi connectivity index (χ3v) is 3.25. The van der Waals surface area contributed by atoms with Crippen LogP contribution in [0.5, 0.6) is 0 Å². The lowest BCUT2D eigenvalue weighted by Gasteiger charge is -2.11. The second-order valence-corrected chi connectivity index (χ2v) is 5.90.